The van der Waals surface area contributed by atoms with Crippen LogP contribution < -0.4 is 15.5 Å². The third-order valence-electron chi connectivity index (χ3n) is 4.77. The summed E-state index contributed by atoms with van der Waals surface area (Å²) < 4.78 is 10.8. The number of aliphatic imine (C=N–C) groups is 1. The van der Waals surface area contributed by atoms with E-state index in [1.54, 1.807) is 6.26 Å². The molecular weight excluding hydrogens is 467 g/mol. The Bertz CT molecular complexity index is 679. The monoisotopic (exact) mass is 498 g/mol. The molecule has 1 aliphatic rings. The van der Waals surface area contributed by atoms with E-state index >= 15 is 0 Å². The maximum atomic E-state index is 5.59. The lowest BCUT2D eigenvalue weighted by Crippen LogP contribution is -2.40. The number of hydrogen-bond donors (Lipinski definition) is 2. The number of furan rings is 1. The minimum absolute atomic E-state index is 0. The maximum absolute atomic E-state index is 5.59. The average Bonchev–Trinajstić information content (AvgIpc) is 3.39. The predicted molar refractivity (Wildman–Crippen MR) is 125 cm³/mol. The summed E-state index contributed by atoms with van der Waals surface area (Å²) >= 11 is 0. The van der Waals surface area contributed by atoms with Crippen molar-refractivity contribution in [3.05, 3.63) is 54.5 Å². The average molecular weight is 498 g/mol. The molecule has 0 bridgehead atoms. The Morgan fingerprint density at radius 1 is 1.21 bits per heavy atom. The zero-order valence-electron chi connectivity index (χ0n) is 16.5. The number of nitrogens with zero attached hydrogens (tertiary/aromatic N) is 2. The van der Waals surface area contributed by atoms with Crippen LogP contribution in [0.1, 0.15) is 18.6 Å². The molecule has 1 saturated heterocycles. The van der Waals surface area contributed by atoms with Gasteiger partial charge < -0.3 is 24.7 Å². The van der Waals surface area contributed by atoms with Crippen LogP contribution in [0.2, 0.25) is 0 Å². The fourth-order valence-corrected chi connectivity index (χ4v) is 3.28. The van der Waals surface area contributed by atoms with Crippen molar-refractivity contribution in [2.75, 3.05) is 44.7 Å². The van der Waals surface area contributed by atoms with E-state index in [9.17, 15) is 0 Å². The topological polar surface area (TPSA) is 62.0 Å². The highest BCUT2D eigenvalue weighted by Crippen LogP contribution is 2.22. The Hall–Kier alpha value is -1.74. The lowest BCUT2D eigenvalue weighted by molar-refractivity contribution is 0.105. The lowest BCUT2D eigenvalue weighted by atomic mass is 10.1. The number of benzene rings is 1. The van der Waals surface area contributed by atoms with Gasteiger partial charge in [-0.05, 0) is 43.0 Å². The molecule has 28 heavy (non-hydrogen) atoms. The largest absolute Gasteiger partial charge is 0.467 e. The molecule has 1 fully saturated rings. The molecule has 1 aromatic heterocycles. The van der Waals surface area contributed by atoms with Crippen LogP contribution in [0.4, 0.5) is 5.69 Å². The third-order valence-corrected chi connectivity index (χ3v) is 4.77. The fraction of sp³-hybridized carbons (Fsp3) is 0.476. The van der Waals surface area contributed by atoms with Gasteiger partial charge in [-0.25, -0.2) is 0 Å². The molecule has 3 rings (SSSR count). The number of hydrogen-bond acceptors (Lipinski definition) is 4. The second kappa shape index (κ2) is 12.7. The highest BCUT2D eigenvalue weighted by molar-refractivity contribution is 14.0. The molecule has 0 radical (unpaired) electrons. The van der Waals surface area contributed by atoms with Gasteiger partial charge in [0.2, 0.25) is 0 Å². The maximum Gasteiger partial charge on any atom is 0.190 e. The van der Waals surface area contributed by atoms with Crippen LogP contribution in [0.3, 0.4) is 0 Å². The van der Waals surface area contributed by atoms with Crippen LogP contribution in [0.25, 0.3) is 0 Å². The van der Waals surface area contributed by atoms with Crippen LogP contribution in [0, 0.1) is 5.92 Å². The van der Waals surface area contributed by atoms with Crippen LogP contribution in [0.5, 0.6) is 0 Å². The summed E-state index contributed by atoms with van der Waals surface area (Å²) in [5.41, 5.74) is 1.32. The van der Waals surface area contributed by atoms with Crippen molar-refractivity contribution >= 4 is 35.6 Å². The van der Waals surface area contributed by atoms with Crippen molar-refractivity contribution in [2.45, 2.75) is 19.4 Å². The van der Waals surface area contributed by atoms with Gasteiger partial charge in [0.15, 0.2) is 5.96 Å². The van der Waals surface area contributed by atoms with E-state index in [1.807, 2.05) is 19.2 Å². The van der Waals surface area contributed by atoms with Crippen LogP contribution in [-0.4, -0.2) is 45.8 Å². The Labute approximate surface area is 184 Å². The molecule has 2 aromatic rings. The summed E-state index contributed by atoms with van der Waals surface area (Å²) in [6.07, 6.45) is 3.80. The second-order valence-electron chi connectivity index (χ2n) is 6.80. The molecule has 1 unspecified atom stereocenters. The number of rotatable bonds is 9. The summed E-state index contributed by atoms with van der Waals surface area (Å²) in [5.74, 6) is 2.36. The quantitative estimate of drug-likeness (QED) is 0.240. The minimum Gasteiger partial charge on any atom is -0.467 e. The molecule has 7 heteroatoms. The van der Waals surface area contributed by atoms with Gasteiger partial charge in [0, 0.05) is 45.5 Å². The molecule has 154 valence electrons. The summed E-state index contributed by atoms with van der Waals surface area (Å²) in [6.45, 7) is 5.21. The van der Waals surface area contributed by atoms with E-state index in [-0.39, 0.29) is 24.0 Å². The van der Waals surface area contributed by atoms with E-state index in [1.165, 1.54) is 12.1 Å². The SMILES string of the molecule is CN=C(NCCCOCc1ccco1)NCC1CCN(c2ccccc2)C1.I. The van der Waals surface area contributed by atoms with E-state index in [0.29, 0.717) is 19.1 Å². The molecule has 1 aliphatic heterocycles. The van der Waals surface area contributed by atoms with Crippen LogP contribution in [0.15, 0.2) is 58.1 Å². The van der Waals surface area contributed by atoms with Crippen LogP contribution >= 0.6 is 24.0 Å². The standard InChI is InChI=1S/C21H30N4O2.HI/c1-22-21(23-11-6-13-26-17-20-9-5-14-27-20)24-15-18-10-12-25(16-18)19-7-3-2-4-8-19;/h2-5,7-9,14,18H,6,10-13,15-17H2,1H3,(H2,22,23,24);1H. The zero-order valence-corrected chi connectivity index (χ0v) is 18.8. The van der Waals surface area contributed by atoms with Gasteiger partial charge in [0.1, 0.15) is 12.4 Å². The van der Waals surface area contributed by atoms with Crippen LogP contribution in [-0.2, 0) is 11.3 Å². The Morgan fingerprint density at radius 2 is 2.07 bits per heavy atom. The fourth-order valence-electron chi connectivity index (χ4n) is 3.28. The third kappa shape index (κ3) is 7.35. The molecule has 1 atom stereocenters. The van der Waals surface area contributed by atoms with E-state index in [2.05, 4.69) is 50.9 Å². The van der Waals surface area contributed by atoms with Crippen molar-refractivity contribution in [3.8, 4) is 0 Å². The van der Waals surface area contributed by atoms with Gasteiger partial charge >= 0.3 is 0 Å². The van der Waals surface area contributed by atoms with E-state index < -0.39 is 0 Å². The smallest absolute Gasteiger partial charge is 0.190 e. The zero-order chi connectivity index (χ0) is 18.7. The number of nitrogens with one attached hydrogen (secondary N) is 2. The van der Waals surface area contributed by atoms with Gasteiger partial charge in [-0.3, -0.25) is 4.99 Å². The first-order chi connectivity index (χ1) is 13.3. The lowest BCUT2D eigenvalue weighted by Gasteiger charge is -2.19. The summed E-state index contributed by atoms with van der Waals surface area (Å²) in [5, 5.41) is 6.80. The number of guanidine groups is 1. The van der Waals surface area contributed by atoms with Gasteiger partial charge in [-0.1, -0.05) is 18.2 Å². The second-order valence-corrected chi connectivity index (χ2v) is 6.80. The van der Waals surface area contributed by atoms with E-state index in [4.69, 9.17) is 9.15 Å². The first-order valence-electron chi connectivity index (χ1n) is 9.70. The predicted octanol–water partition coefficient (Wildman–Crippen LogP) is 3.50. The Balaban J connectivity index is 0.00000280. The summed E-state index contributed by atoms with van der Waals surface area (Å²) in [4.78, 5) is 6.77. The normalized spacial score (nSPS) is 16.7. The summed E-state index contributed by atoms with van der Waals surface area (Å²) in [7, 11) is 1.81. The first kappa shape index (κ1) is 22.5. The molecular formula is C21H31IN4O2. The number of halogens is 1. The minimum atomic E-state index is 0. The van der Waals surface area contributed by atoms with Gasteiger partial charge in [-0.2, -0.15) is 0 Å². The molecule has 0 amide bonds. The number of ether oxygens (including phenoxy) is 1. The molecule has 1 aromatic carbocycles. The van der Waals surface area contributed by atoms with Gasteiger partial charge in [0.05, 0.1) is 6.26 Å². The Morgan fingerprint density at radius 3 is 2.82 bits per heavy atom. The number of para-hydroxylation sites is 1. The summed E-state index contributed by atoms with van der Waals surface area (Å²) in [6, 6.07) is 14.4. The Kier molecular flexibility index (Phi) is 10.2. The molecule has 0 aliphatic carbocycles. The molecule has 6 nitrogen and oxygen atoms in total. The van der Waals surface area contributed by atoms with Gasteiger partial charge in [-0.15, -0.1) is 24.0 Å². The number of anilines is 1. The van der Waals surface area contributed by atoms with Crippen molar-refractivity contribution < 1.29 is 9.15 Å². The van der Waals surface area contributed by atoms with Crippen molar-refractivity contribution in [1.29, 1.82) is 0 Å². The molecule has 2 N–H and O–H groups in total. The van der Waals surface area contributed by atoms with Crippen molar-refractivity contribution in [3.63, 3.8) is 0 Å². The molecule has 2 heterocycles. The van der Waals surface area contributed by atoms with Crippen molar-refractivity contribution in [1.82, 2.24) is 10.6 Å². The first-order valence-corrected chi connectivity index (χ1v) is 9.70. The van der Waals surface area contributed by atoms with E-state index in [0.717, 1.165) is 44.3 Å². The van der Waals surface area contributed by atoms with Crippen molar-refractivity contribution in [2.24, 2.45) is 10.9 Å². The molecule has 0 spiro atoms. The molecule has 0 saturated carbocycles. The highest BCUT2D eigenvalue weighted by Gasteiger charge is 2.22. The highest BCUT2D eigenvalue weighted by atomic mass is 127. The van der Waals surface area contributed by atoms with Gasteiger partial charge in [0.25, 0.3) is 0 Å².